The van der Waals surface area contributed by atoms with Crippen LogP contribution in [0.25, 0.3) is 11.0 Å². The zero-order valence-corrected chi connectivity index (χ0v) is 16.5. The first kappa shape index (κ1) is 18.3. The van der Waals surface area contributed by atoms with Gasteiger partial charge in [-0.3, -0.25) is 0 Å². The number of nitrogens with one attached hydrogen (secondary N) is 1. The average molecular weight is 421 g/mol. The first-order valence-electron chi connectivity index (χ1n) is 8.08. The first-order chi connectivity index (χ1) is 13.0. The van der Waals surface area contributed by atoms with Gasteiger partial charge >= 0.3 is 0 Å². The van der Waals surface area contributed by atoms with Gasteiger partial charge in [0.2, 0.25) is 10.0 Å². The quantitative estimate of drug-likeness (QED) is 0.479. The van der Waals surface area contributed by atoms with Crippen LogP contribution in [0, 0.1) is 0 Å². The fraction of sp³-hybridized carbons (Fsp3) is 0.167. The molecule has 3 aromatic heterocycles. The molecule has 0 unspecified atom stereocenters. The summed E-state index contributed by atoms with van der Waals surface area (Å²) >= 11 is 2.83. The second-order valence-corrected chi connectivity index (χ2v) is 9.59. The van der Waals surface area contributed by atoms with Gasteiger partial charge in [-0.1, -0.05) is 23.4 Å². The van der Waals surface area contributed by atoms with Crippen molar-refractivity contribution in [1.29, 1.82) is 0 Å². The lowest BCUT2D eigenvalue weighted by molar-refractivity contribution is 0.0903. The van der Waals surface area contributed by atoms with Crippen molar-refractivity contribution in [3.8, 4) is 0 Å². The molecule has 0 saturated heterocycles. The minimum Gasteiger partial charge on any atom is -0.378 e. The van der Waals surface area contributed by atoms with Crippen LogP contribution in [0.5, 0.6) is 0 Å². The third-order valence-electron chi connectivity index (χ3n) is 4.25. The molecule has 6 nitrogen and oxygen atoms in total. The van der Waals surface area contributed by atoms with Gasteiger partial charge in [0, 0.05) is 22.4 Å². The number of benzene rings is 1. The number of hydrogen-bond donors (Lipinski definition) is 2. The summed E-state index contributed by atoms with van der Waals surface area (Å²) < 4.78 is 33.0. The molecule has 0 saturated carbocycles. The molecule has 4 aromatic rings. The topological polar surface area (TPSA) is 92.4 Å². The Morgan fingerprint density at radius 3 is 2.74 bits per heavy atom. The van der Waals surface area contributed by atoms with E-state index in [1.165, 1.54) is 22.7 Å². The molecule has 9 heteroatoms. The van der Waals surface area contributed by atoms with Gasteiger partial charge in [0.1, 0.15) is 17.0 Å². The molecule has 0 fully saturated rings. The molecule has 1 atom stereocenters. The molecule has 0 radical (unpaired) electrons. The Kier molecular flexibility index (Phi) is 4.87. The Balaban J connectivity index is 1.57. The summed E-state index contributed by atoms with van der Waals surface area (Å²) in [5.41, 5.74) is 0.113. The number of aliphatic hydroxyl groups is 1. The van der Waals surface area contributed by atoms with Crippen LogP contribution >= 0.6 is 22.7 Å². The first-order valence-corrected chi connectivity index (χ1v) is 11.6. The Morgan fingerprint density at radius 2 is 2.00 bits per heavy atom. The van der Waals surface area contributed by atoms with E-state index in [0.717, 1.165) is 0 Å². The van der Waals surface area contributed by atoms with E-state index < -0.39 is 15.6 Å². The molecule has 0 bridgehead atoms. The molecule has 1 aromatic carbocycles. The molecular weight excluding hydrogens is 404 g/mol. The summed E-state index contributed by atoms with van der Waals surface area (Å²) in [6.45, 7) is -0.164. The molecule has 0 aliphatic rings. The molecular formula is C18H16N2O4S3. The molecule has 4 rings (SSSR count). The van der Waals surface area contributed by atoms with Crippen molar-refractivity contribution in [1.82, 2.24) is 9.88 Å². The highest BCUT2D eigenvalue weighted by molar-refractivity contribution is 7.88. The maximum atomic E-state index is 12.6. The molecule has 0 aliphatic heterocycles. The highest BCUT2D eigenvalue weighted by atomic mass is 32.2. The predicted molar refractivity (Wildman–Crippen MR) is 106 cm³/mol. The van der Waals surface area contributed by atoms with Crippen molar-refractivity contribution in [3.63, 3.8) is 0 Å². The summed E-state index contributed by atoms with van der Waals surface area (Å²) in [6.07, 6.45) is 0. The van der Waals surface area contributed by atoms with E-state index >= 15 is 0 Å². The Labute approximate surface area is 164 Å². The van der Waals surface area contributed by atoms with E-state index in [1.54, 1.807) is 36.4 Å². The van der Waals surface area contributed by atoms with Crippen LogP contribution in [-0.2, 0) is 21.4 Å². The van der Waals surface area contributed by atoms with Crippen molar-refractivity contribution in [2.45, 2.75) is 11.4 Å². The highest BCUT2D eigenvalue weighted by Crippen LogP contribution is 2.33. The number of para-hydroxylation sites is 1. The summed E-state index contributed by atoms with van der Waals surface area (Å²) in [5.74, 6) is -0.325. The predicted octanol–water partition coefficient (Wildman–Crippen LogP) is 3.31. The van der Waals surface area contributed by atoms with Gasteiger partial charge in [0.15, 0.2) is 5.58 Å². The fourth-order valence-electron chi connectivity index (χ4n) is 2.83. The van der Waals surface area contributed by atoms with Gasteiger partial charge in [-0.2, -0.15) is 11.3 Å². The second kappa shape index (κ2) is 7.17. The zero-order chi connectivity index (χ0) is 18.9. The van der Waals surface area contributed by atoms with Gasteiger partial charge in [0.05, 0.1) is 0 Å². The van der Waals surface area contributed by atoms with Crippen molar-refractivity contribution in [2.24, 2.45) is 0 Å². The summed E-state index contributed by atoms with van der Waals surface area (Å²) in [4.78, 5) is 0.676. The number of nitrogens with zero attached hydrogens (tertiary/aromatic N) is 1. The van der Waals surface area contributed by atoms with E-state index in [4.69, 9.17) is 4.52 Å². The van der Waals surface area contributed by atoms with Crippen molar-refractivity contribution in [3.05, 3.63) is 74.7 Å². The number of fused-ring (bicyclic) bond motifs is 1. The smallest absolute Gasteiger partial charge is 0.217 e. The zero-order valence-electron chi connectivity index (χ0n) is 14.0. The number of hydrogen-bond acceptors (Lipinski definition) is 7. The van der Waals surface area contributed by atoms with Crippen molar-refractivity contribution in [2.75, 3.05) is 6.54 Å². The summed E-state index contributed by atoms with van der Waals surface area (Å²) in [5, 5.41) is 21.3. The van der Waals surface area contributed by atoms with Crippen LogP contribution < -0.4 is 4.72 Å². The number of rotatable bonds is 7. The Hall–Kier alpha value is -2.04. The largest absolute Gasteiger partial charge is 0.378 e. The molecule has 0 amide bonds. The summed E-state index contributed by atoms with van der Waals surface area (Å²) in [7, 11) is -3.74. The van der Waals surface area contributed by atoms with Crippen LogP contribution in [0.2, 0.25) is 0 Å². The fourth-order valence-corrected chi connectivity index (χ4v) is 5.50. The minimum absolute atomic E-state index is 0.164. The van der Waals surface area contributed by atoms with Crippen LogP contribution in [0.3, 0.4) is 0 Å². The lowest BCUT2D eigenvalue weighted by atomic mass is 9.95. The van der Waals surface area contributed by atoms with Gasteiger partial charge in [-0.05, 0) is 40.4 Å². The monoisotopic (exact) mass is 420 g/mol. The molecule has 0 spiro atoms. The molecule has 0 aliphatic carbocycles. The Bertz CT molecular complexity index is 1100. The molecule has 2 N–H and O–H groups in total. The van der Waals surface area contributed by atoms with Gasteiger partial charge < -0.3 is 9.63 Å². The normalized spacial score (nSPS) is 14.4. The number of thiophene rings is 2. The maximum Gasteiger partial charge on any atom is 0.217 e. The van der Waals surface area contributed by atoms with E-state index in [9.17, 15) is 13.5 Å². The van der Waals surface area contributed by atoms with Crippen molar-refractivity contribution < 1.29 is 18.0 Å². The lowest BCUT2D eigenvalue weighted by Crippen LogP contribution is -2.41. The molecule has 140 valence electrons. The molecule has 3 heterocycles. The second-order valence-electron chi connectivity index (χ2n) is 6.06. The number of sulfonamides is 1. The lowest BCUT2D eigenvalue weighted by Gasteiger charge is -2.26. The SMILES string of the molecule is O=S(=O)(Cc1noc2ccccc12)NC[C@](O)(c1ccsc1)c1cccs1. The Morgan fingerprint density at radius 1 is 1.15 bits per heavy atom. The highest BCUT2D eigenvalue weighted by Gasteiger charge is 2.34. The van der Waals surface area contributed by atoms with Crippen LogP contribution in [0.15, 0.2) is 63.1 Å². The van der Waals surface area contributed by atoms with Gasteiger partial charge in [-0.15, -0.1) is 11.3 Å². The minimum atomic E-state index is -3.74. The third-order valence-corrected chi connectivity index (χ3v) is 7.20. The third kappa shape index (κ3) is 3.69. The van der Waals surface area contributed by atoms with E-state index in [1.807, 2.05) is 22.2 Å². The van der Waals surface area contributed by atoms with E-state index in [-0.39, 0.29) is 12.3 Å². The van der Waals surface area contributed by atoms with Crippen LogP contribution in [0.1, 0.15) is 16.1 Å². The standard InChI is InChI=1S/C18H16N2O4S3/c21-18(13-7-9-25-10-13,17-6-3-8-26-17)12-19-27(22,23)11-15-14-4-1-2-5-16(14)24-20-15/h1-10,19,21H,11-12H2/t18-/m0/s1. The maximum absolute atomic E-state index is 12.6. The van der Waals surface area contributed by atoms with Crippen LogP contribution in [0.4, 0.5) is 0 Å². The van der Waals surface area contributed by atoms with Crippen molar-refractivity contribution >= 4 is 43.7 Å². The summed E-state index contributed by atoms with van der Waals surface area (Å²) in [6, 6.07) is 12.5. The van der Waals surface area contributed by atoms with Gasteiger partial charge in [-0.25, -0.2) is 13.1 Å². The molecule has 27 heavy (non-hydrogen) atoms. The van der Waals surface area contributed by atoms with Gasteiger partial charge in [0.25, 0.3) is 0 Å². The average Bonchev–Trinajstić information content (AvgIpc) is 3.41. The number of aromatic nitrogens is 1. The van der Waals surface area contributed by atoms with E-state index in [2.05, 4.69) is 9.88 Å². The van der Waals surface area contributed by atoms with Crippen LogP contribution in [-0.4, -0.2) is 25.2 Å². The van der Waals surface area contributed by atoms with E-state index in [0.29, 0.717) is 27.1 Å².